The maximum absolute atomic E-state index is 11.2. The first-order valence-electron chi connectivity index (χ1n) is 9.94. The first-order chi connectivity index (χ1) is 14.4. The molecule has 1 saturated carbocycles. The molecule has 3 aromatic rings. The largest absolute Gasteiger partial charge is 0.390 e. The zero-order valence-corrected chi connectivity index (χ0v) is 17.0. The molecule has 0 bridgehead atoms. The van der Waals surface area contributed by atoms with E-state index in [-0.39, 0.29) is 12.1 Å². The first kappa shape index (κ1) is 19.4. The smallest absolute Gasteiger partial charge is 0.333 e. The van der Waals surface area contributed by atoms with E-state index in [0.717, 1.165) is 29.7 Å². The van der Waals surface area contributed by atoms with Crippen LogP contribution in [0.2, 0.25) is 0 Å². The Morgan fingerprint density at radius 1 is 1.20 bits per heavy atom. The van der Waals surface area contributed by atoms with E-state index >= 15 is 0 Å². The van der Waals surface area contributed by atoms with E-state index in [9.17, 15) is 13.5 Å². The average Bonchev–Trinajstić information content (AvgIpc) is 3.39. The fourth-order valence-corrected chi connectivity index (χ4v) is 5.26. The van der Waals surface area contributed by atoms with Gasteiger partial charge in [-0.15, -0.1) is 0 Å². The summed E-state index contributed by atoms with van der Waals surface area (Å²) in [6.45, 7) is 0. The molecule has 0 radical (unpaired) electrons. The van der Waals surface area contributed by atoms with E-state index in [1.807, 2.05) is 16.8 Å². The number of hydrogen-bond donors (Lipinski definition) is 3. The molecule has 0 saturated heterocycles. The van der Waals surface area contributed by atoms with Crippen LogP contribution in [0.4, 0.5) is 5.82 Å². The van der Waals surface area contributed by atoms with Crippen LogP contribution in [0.1, 0.15) is 42.5 Å². The molecule has 1 fully saturated rings. The van der Waals surface area contributed by atoms with E-state index < -0.39 is 22.5 Å². The molecular weight excluding hydrogens is 406 g/mol. The monoisotopic (exact) mass is 429 g/mol. The number of nitrogens with two attached hydrogens (primary N) is 1. The minimum absolute atomic E-state index is 0.154. The highest BCUT2D eigenvalue weighted by molar-refractivity contribution is 7.84. The first-order valence-corrected chi connectivity index (χ1v) is 11.4. The Kier molecular flexibility index (Phi) is 4.73. The second kappa shape index (κ2) is 7.31. The predicted molar refractivity (Wildman–Crippen MR) is 111 cm³/mol. The standard InChI is InChI=1S/C20H23N5O4S/c21-30(27,28)29-18-10-13(9-17(18)26)25-8-7-15-19(22-11-23-20(15)25)24-16-6-5-12-3-1-2-4-14(12)16/h1-4,7-8,11,13,16-18,26H,5-6,9-10H2,(H2,21,27,28)(H,22,23,24)/t13?,16-,17?,18?/m0/s1. The number of nitrogens with one attached hydrogen (secondary N) is 1. The molecule has 0 amide bonds. The molecular formula is C20H23N5O4S. The van der Waals surface area contributed by atoms with Crippen molar-refractivity contribution in [1.29, 1.82) is 0 Å². The van der Waals surface area contributed by atoms with E-state index in [4.69, 9.17) is 9.32 Å². The Hall–Kier alpha value is -2.53. The van der Waals surface area contributed by atoms with Gasteiger partial charge in [0.05, 0.1) is 17.5 Å². The molecule has 2 heterocycles. The van der Waals surface area contributed by atoms with Gasteiger partial charge in [-0.1, -0.05) is 24.3 Å². The van der Waals surface area contributed by atoms with Gasteiger partial charge in [0.25, 0.3) is 0 Å². The molecule has 2 aromatic heterocycles. The number of anilines is 1. The van der Waals surface area contributed by atoms with Crippen molar-refractivity contribution in [1.82, 2.24) is 14.5 Å². The number of aryl methyl sites for hydroxylation is 1. The Bertz CT molecular complexity index is 1190. The Morgan fingerprint density at radius 2 is 2.03 bits per heavy atom. The summed E-state index contributed by atoms with van der Waals surface area (Å²) in [6, 6.07) is 10.4. The average molecular weight is 430 g/mol. The molecule has 0 spiro atoms. The van der Waals surface area contributed by atoms with Crippen LogP contribution in [-0.2, 0) is 20.9 Å². The molecule has 158 valence electrons. The highest BCUT2D eigenvalue weighted by Crippen LogP contribution is 2.38. The molecule has 1 aromatic carbocycles. The maximum atomic E-state index is 11.2. The zero-order valence-electron chi connectivity index (χ0n) is 16.2. The fourth-order valence-electron chi connectivity index (χ4n) is 4.71. The molecule has 4 atom stereocenters. The van der Waals surface area contributed by atoms with Gasteiger partial charge >= 0.3 is 10.3 Å². The number of hydrogen-bond acceptors (Lipinski definition) is 7. The third-order valence-electron chi connectivity index (χ3n) is 6.05. The van der Waals surface area contributed by atoms with Crippen molar-refractivity contribution in [2.75, 3.05) is 5.32 Å². The van der Waals surface area contributed by atoms with E-state index in [1.165, 1.54) is 17.5 Å². The summed E-state index contributed by atoms with van der Waals surface area (Å²) in [5.74, 6) is 0.760. The lowest BCUT2D eigenvalue weighted by Gasteiger charge is -2.16. The van der Waals surface area contributed by atoms with Gasteiger partial charge < -0.3 is 15.0 Å². The summed E-state index contributed by atoms with van der Waals surface area (Å²) in [4.78, 5) is 8.89. The van der Waals surface area contributed by atoms with Crippen molar-refractivity contribution < 1.29 is 17.7 Å². The van der Waals surface area contributed by atoms with Crippen LogP contribution >= 0.6 is 0 Å². The number of benzene rings is 1. The van der Waals surface area contributed by atoms with Crippen LogP contribution in [0.15, 0.2) is 42.9 Å². The SMILES string of the molecule is NS(=O)(=O)OC1CC(n2ccc3c(N[C@H]4CCc5ccccc54)ncnc32)CC1O. The van der Waals surface area contributed by atoms with Crippen molar-refractivity contribution in [3.63, 3.8) is 0 Å². The maximum Gasteiger partial charge on any atom is 0.333 e. The second-order valence-electron chi connectivity index (χ2n) is 7.94. The Balaban J connectivity index is 1.41. The third-order valence-corrected chi connectivity index (χ3v) is 6.57. The van der Waals surface area contributed by atoms with Crippen molar-refractivity contribution in [2.24, 2.45) is 5.14 Å². The minimum atomic E-state index is -4.12. The van der Waals surface area contributed by atoms with Crippen molar-refractivity contribution in [3.05, 3.63) is 54.0 Å². The van der Waals surface area contributed by atoms with Crippen LogP contribution in [-0.4, -0.2) is 40.3 Å². The lowest BCUT2D eigenvalue weighted by Crippen LogP contribution is -2.29. The van der Waals surface area contributed by atoms with Gasteiger partial charge in [0.2, 0.25) is 0 Å². The van der Waals surface area contributed by atoms with E-state index in [0.29, 0.717) is 12.8 Å². The Morgan fingerprint density at radius 3 is 2.87 bits per heavy atom. The van der Waals surface area contributed by atoms with E-state index in [1.54, 1.807) is 0 Å². The minimum Gasteiger partial charge on any atom is -0.390 e. The zero-order chi connectivity index (χ0) is 20.9. The summed E-state index contributed by atoms with van der Waals surface area (Å²) in [7, 11) is -4.12. The molecule has 3 unspecified atom stereocenters. The predicted octanol–water partition coefficient (Wildman–Crippen LogP) is 1.82. The van der Waals surface area contributed by atoms with Gasteiger partial charge in [0, 0.05) is 12.2 Å². The molecule has 2 aliphatic rings. The second-order valence-corrected chi connectivity index (χ2v) is 9.12. The molecule has 10 heteroatoms. The quantitative estimate of drug-likeness (QED) is 0.563. The van der Waals surface area contributed by atoms with Crippen LogP contribution in [0, 0.1) is 0 Å². The third kappa shape index (κ3) is 3.56. The number of aliphatic hydroxyl groups excluding tert-OH is 1. The summed E-state index contributed by atoms with van der Waals surface area (Å²) in [5, 5.41) is 19.6. The van der Waals surface area contributed by atoms with Gasteiger partial charge in [-0.05, 0) is 42.9 Å². The van der Waals surface area contributed by atoms with Gasteiger partial charge in [-0.3, -0.25) is 4.18 Å². The number of aromatic nitrogens is 3. The number of fused-ring (bicyclic) bond motifs is 2. The fraction of sp³-hybridized carbons (Fsp3) is 0.400. The summed E-state index contributed by atoms with van der Waals surface area (Å²) in [6.07, 6.45) is 4.35. The summed E-state index contributed by atoms with van der Waals surface area (Å²) in [5.41, 5.74) is 3.39. The topological polar surface area (TPSA) is 132 Å². The Labute approximate surface area is 174 Å². The van der Waals surface area contributed by atoms with Crippen molar-refractivity contribution >= 4 is 27.2 Å². The van der Waals surface area contributed by atoms with Gasteiger partial charge in [0.15, 0.2) is 0 Å². The normalized spacial score (nSPS) is 26.2. The number of aliphatic hydroxyl groups is 1. The van der Waals surface area contributed by atoms with Crippen LogP contribution < -0.4 is 10.5 Å². The highest BCUT2D eigenvalue weighted by atomic mass is 32.2. The van der Waals surface area contributed by atoms with Crippen LogP contribution in [0.5, 0.6) is 0 Å². The molecule has 0 aliphatic heterocycles. The lowest BCUT2D eigenvalue weighted by molar-refractivity contribution is 0.0645. The number of nitrogens with zero attached hydrogens (tertiary/aromatic N) is 3. The summed E-state index contributed by atoms with van der Waals surface area (Å²) < 4.78 is 29.3. The summed E-state index contributed by atoms with van der Waals surface area (Å²) >= 11 is 0. The van der Waals surface area contributed by atoms with Gasteiger partial charge in [0.1, 0.15) is 23.9 Å². The molecule has 30 heavy (non-hydrogen) atoms. The lowest BCUT2D eigenvalue weighted by atomic mass is 10.1. The van der Waals surface area contributed by atoms with Crippen molar-refractivity contribution in [3.8, 4) is 0 Å². The molecule has 4 N–H and O–H groups in total. The van der Waals surface area contributed by atoms with E-state index in [2.05, 4.69) is 39.6 Å². The number of rotatable bonds is 5. The van der Waals surface area contributed by atoms with Crippen LogP contribution in [0.3, 0.4) is 0 Å². The van der Waals surface area contributed by atoms with Crippen LogP contribution in [0.25, 0.3) is 11.0 Å². The molecule has 9 nitrogen and oxygen atoms in total. The van der Waals surface area contributed by atoms with Gasteiger partial charge in [-0.25, -0.2) is 15.1 Å². The highest BCUT2D eigenvalue weighted by Gasteiger charge is 2.37. The molecule has 2 aliphatic carbocycles. The van der Waals surface area contributed by atoms with Gasteiger partial charge in [-0.2, -0.15) is 8.42 Å². The van der Waals surface area contributed by atoms with Crippen molar-refractivity contribution in [2.45, 2.75) is 50.0 Å². The molecule has 5 rings (SSSR count).